The van der Waals surface area contributed by atoms with Crippen LogP contribution in [0.25, 0.3) is 0 Å². The molecule has 1 fully saturated rings. The number of nitrogens with one attached hydrogen (secondary N) is 1. The molecule has 0 spiro atoms. The van der Waals surface area contributed by atoms with E-state index in [2.05, 4.69) is 24.1 Å². The Hall–Kier alpha value is -0.120. The fourth-order valence-electron chi connectivity index (χ4n) is 2.08. The van der Waals surface area contributed by atoms with E-state index < -0.39 is 0 Å². The second kappa shape index (κ2) is 6.38. The van der Waals surface area contributed by atoms with Crippen molar-refractivity contribution in [2.75, 3.05) is 33.4 Å². The first-order valence-electron chi connectivity index (χ1n) is 5.69. The van der Waals surface area contributed by atoms with Gasteiger partial charge in [0.15, 0.2) is 0 Å². The molecule has 0 aliphatic carbocycles. The smallest absolute Gasteiger partial charge is 0.0474 e. The zero-order valence-electron chi connectivity index (χ0n) is 9.75. The largest absolute Gasteiger partial charge is 0.385 e. The Morgan fingerprint density at radius 2 is 2.29 bits per heavy atom. The molecule has 1 aliphatic rings. The summed E-state index contributed by atoms with van der Waals surface area (Å²) in [6, 6.07) is 1.32. The van der Waals surface area contributed by atoms with Gasteiger partial charge in [-0.05, 0) is 19.4 Å². The monoisotopic (exact) mass is 200 g/mol. The predicted octanol–water partition coefficient (Wildman–Crippen LogP) is 1.10. The number of likely N-dealkylation sites (tertiary alicyclic amines) is 1. The molecular formula is C11H24N2O. The highest BCUT2D eigenvalue weighted by Crippen LogP contribution is 2.09. The maximum absolute atomic E-state index is 5.05. The standard InChI is InChI=1S/C11H24N2O/c1-10(2)12-11-5-7-13(9-11)6-4-8-14-3/h10-12H,4-9H2,1-3H3. The first-order chi connectivity index (χ1) is 6.72. The van der Waals surface area contributed by atoms with Gasteiger partial charge in [0.05, 0.1) is 0 Å². The molecule has 84 valence electrons. The number of hydrogen-bond donors (Lipinski definition) is 1. The van der Waals surface area contributed by atoms with Crippen LogP contribution in [-0.4, -0.2) is 50.3 Å². The van der Waals surface area contributed by atoms with E-state index in [1.54, 1.807) is 7.11 Å². The van der Waals surface area contributed by atoms with Crippen molar-refractivity contribution in [2.24, 2.45) is 0 Å². The molecule has 1 atom stereocenters. The predicted molar refractivity (Wildman–Crippen MR) is 59.6 cm³/mol. The molecule has 1 N–H and O–H groups in total. The van der Waals surface area contributed by atoms with Crippen molar-refractivity contribution in [1.82, 2.24) is 10.2 Å². The molecule has 14 heavy (non-hydrogen) atoms. The van der Waals surface area contributed by atoms with E-state index in [9.17, 15) is 0 Å². The number of methoxy groups -OCH3 is 1. The third-order valence-corrected chi connectivity index (χ3v) is 2.66. The van der Waals surface area contributed by atoms with Crippen LogP contribution in [-0.2, 0) is 4.74 Å². The molecule has 0 aromatic rings. The van der Waals surface area contributed by atoms with Crippen LogP contribution < -0.4 is 5.32 Å². The van der Waals surface area contributed by atoms with Gasteiger partial charge < -0.3 is 15.0 Å². The lowest BCUT2D eigenvalue weighted by molar-refractivity contribution is 0.178. The minimum absolute atomic E-state index is 0.610. The summed E-state index contributed by atoms with van der Waals surface area (Å²) in [7, 11) is 1.77. The molecule has 1 rings (SSSR count). The van der Waals surface area contributed by atoms with Crippen molar-refractivity contribution < 1.29 is 4.74 Å². The van der Waals surface area contributed by atoms with E-state index in [4.69, 9.17) is 4.74 Å². The highest BCUT2D eigenvalue weighted by Gasteiger charge is 2.21. The Labute approximate surface area is 87.8 Å². The summed E-state index contributed by atoms with van der Waals surface area (Å²) in [5, 5.41) is 3.59. The van der Waals surface area contributed by atoms with Crippen LogP contribution in [0.5, 0.6) is 0 Å². The number of hydrogen-bond acceptors (Lipinski definition) is 3. The van der Waals surface area contributed by atoms with E-state index in [0.717, 1.165) is 13.0 Å². The second-order valence-electron chi connectivity index (χ2n) is 4.45. The summed E-state index contributed by atoms with van der Waals surface area (Å²) in [4.78, 5) is 2.53. The minimum Gasteiger partial charge on any atom is -0.385 e. The lowest BCUT2D eigenvalue weighted by atomic mass is 10.2. The van der Waals surface area contributed by atoms with Crippen LogP contribution in [0.15, 0.2) is 0 Å². The van der Waals surface area contributed by atoms with Crippen LogP contribution in [0.2, 0.25) is 0 Å². The zero-order chi connectivity index (χ0) is 10.4. The first-order valence-corrected chi connectivity index (χ1v) is 5.69. The summed E-state index contributed by atoms with van der Waals surface area (Å²) in [5.41, 5.74) is 0. The van der Waals surface area contributed by atoms with Crippen molar-refractivity contribution in [2.45, 2.75) is 38.8 Å². The molecule has 1 heterocycles. The van der Waals surface area contributed by atoms with Crippen molar-refractivity contribution in [3.8, 4) is 0 Å². The van der Waals surface area contributed by atoms with Gasteiger partial charge >= 0.3 is 0 Å². The van der Waals surface area contributed by atoms with Gasteiger partial charge in [-0.3, -0.25) is 0 Å². The maximum Gasteiger partial charge on any atom is 0.0474 e. The molecule has 0 bridgehead atoms. The molecule has 0 saturated carbocycles. The number of rotatable bonds is 6. The van der Waals surface area contributed by atoms with E-state index in [1.165, 1.54) is 26.1 Å². The molecule has 0 amide bonds. The van der Waals surface area contributed by atoms with E-state index >= 15 is 0 Å². The fraction of sp³-hybridized carbons (Fsp3) is 1.00. The number of ether oxygens (including phenoxy) is 1. The van der Waals surface area contributed by atoms with Crippen LogP contribution in [0, 0.1) is 0 Å². The van der Waals surface area contributed by atoms with Gasteiger partial charge in [0.25, 0.3) is 0 Å². The van der Waals surface area contributed by atoms with Gasteiger partial charge in [-0.2, -0.15) is 0 Å². The summed E-state index contributed by atoms with van der Waals surface area (Å²) >= 11 is 0. The Balaban J connectivity index is 2.08. The Kier molecular flexibility index (Phi) is 5.45. The van der Waals surface area contributed by atoms with Gasteiger partial charge in [0.2, 0.25) is 0 Å². The van der Waals surface area contributed by atoms with Crippen molar-refractivity contribution in [3.63, 3.8) is 0 Å². The Bertz CT molecular complexity index is 150. The quantitative estimate of drug-likeness (QED) is 0.650. The minimum atomic E-state index is 0.610. The van der Waals surface area contributed by atoms with Crippen molar-refractivity contribution >= 4 is 0 Å². The third kappa shape index (κ3) is 4.40. The van der Waals surface area contributed by atoms with E-state index in [-0.39, 0.29) is 0 Å². The highest BCUT2D eigenvalue weighted by atomic mass is 16.5. The van der Waals surface area contributed by atoms with Gasteiger partial charge in [-0.1, -0.05) is 13.8 Å². The number of nitrogens with zero attached hydrogens (tertiary/aromatic N) is 1. The topological polar surface area (TPSA) is 24.5 Å². The summed E-state index contributed by atoms with van der Waals surface area (Å²) in [5.74, 6) is 0. The van der Waals surface area contributed by atoms with Crippen molar-refractivity contribution in [1.29, 1.82) is 0 Å². The van der Waals surface area contributed by atoms with Crippen LogP contribution >= 0.6 is 0 Å². The first kappa shape index (κ1) is 12.0. The van der Waals surface area contributed by atoms with Gasteiger partial charge in [0.1, 0.15) is 0 Å². The lowest BCUT2D eigenvalue weighted by Crippen LogP contribution is -2.37. The van der Waals surface area contributed by atoms with Crippen LogP contribution in [0.3, 0.4) is 0 Å². The summed E-state index contributed by atoms with van der Waals surface area (Å²) in [6.45, 7) is 8.96. The highest BCUT2D eigenvalue weighted by molar-refractivity contribution is 4.81. The van der Waals surface area contributed by atoms with Crippen LogP contribution in [0.1, 0.15) is 26.7 Å². The summed E-state index contributed by atoms with van der Waals surface area (Å²) in [6.07, 6.45) is 2.45. The molecule has 1 saturated heterocycles. The van der Waals surface area contributed by atoms with E-state index in [0.29, 0.717) is 12.1 Å². The molecule has 1 unspecified atom stereocenters. The molecule has 3 nitrogen and oxygen atoms in total. The SMILES string of the molecule is COCCCN1CCC(NC(C)C)C1. The van der Waals surface area contributed by atoms with Crippen LogP contribution in [0.4, 0.5) is 0 Å². The van der Waals surface area contributed by atoms with E-state index in [1.807, 2.05) is 0 Å². The second-order valence-corrected chi connectivity index (χ2v) is 4.45. The summed E-state index contributed by atoms with van der Waals surface area (Å²) < 4.78 is 5.05. The average Bonchev–Trinajstić information content (AvgIpc) is 2.52. The molecular weight excluding hydrogens is 176 g/mol. The molecule has 0 aromatic carbocycles. The molecule has 3 heteroatoms. The Morgan fingerprint density at radius 3 is 2.93 bits per heavy atom. The fourth-order valence-corrected chi connectivity index (χ4v) is 2.08. The normalized spacial score (nSPS) is 23.6. The molecule has 1 aliphatic heterocycles. The average molecular weight is 200 g/mol. The third-order valence-electron chi connectivity index (χ3n) is 2.66. The lowest BCUT2D eigenvalue weighted by Gasteiger charge is -2.18. The zero-order valence-corrected chi connectivity index (χ0v) is 9.75. The molecule has 0 radical (unpaired) electrons. The van der Waals surface area contributed by atoms with Gasteiger partial charge in [0, 0.05) is 38.9 Å². The molecule has 0 aromatic heterocycles. The Morgan fingerprint density at radius 1 is 1.50 bits per heavy atom. The van der Waals surface area contributed by atoms with Gasteiger partial charge in [-0.15, -0.1) is 0 Å². The maximum atomic E-state index is 5.05. The van der Waals surface area contributed by atoms with Gasteiger partial charge in [-0.25, -0.2) is 0 Å². The van der Waals surface area contributed by atoms with Crippen molar-refractivity contribution in [3.05, 3.63) is 0 Å².